The third-order valence-corrected chi connectivity index (χ3v) is 4.28. The molecule has 0 saturated carbocycles. The highest BCUT2D eigenvalue weighted by Crippen LogP contribution is 2.24. The molecule has 0 aromatic heterocycles. The summed E-state index contributed by atoms with van der Waals surface area (Å²) in [5, 5.41) is 1.15. The van der Waals surface area contributed by atoms with Crippen LogP contribution in [0.1, 0.15) is 72.6 Å². The van der Waals surface area contributed by atoms with Crippen LogP contribution in [0.4, 0.5) is 0 Å². The van der Waals surface area contributed by atoms with Crippen molar-refractivity contribution in [2.75, 3.05) is 11.9 Å². The molecule has 2 heteroatoms. The van der Waals surface area contributed by atoms with Gasteiger partial charge >= 0.3 is 0 Å². The molecule has 0 aliphatic carbocycles. The van der Waals surface area contributed by atoms with Crippen molar-refractivity contribution in [2.24, 2.45) is 5.92 Å². The van der Waals surface area contributed by atoms with Crippen LogP contribution in [0.3, 0.4) is 0 Å². The van der Waals surface area contributed by atoms with Crippen molar-refractivity contribution in [3.63, 3.8) is 0 Å². The summed E-state index contributed by atoms with van der Waals surface area (Å²) in [4.78, 5) is 0. The van der Waals surface area contributed by atoms with Crippen molar-refractivity contribution < 1.29 is 4.74 Å². The van der Waals surface area contributed by atoms with E-state index in [1.807, 2.05) is 0 Å². The first-order valence-corrected chi connectivity index (χ1v) is 8.40. The van der Waals surface area contributed by atoms with Gasteiger partial charge < -0.3 is 4.74 Å². The first kappa shape index (κ1) is 17.4. The van der Waals surface area contributed by atoms with Crippen LogP contribution in [0.25, 0.3) is 0 Å². The molecular weight excluding hydrogens is 276 g/mol. The summed E-state index contributed by atoms with van der Waals surface area (Å²) in [5.41, 5.74) is 0.119. The molecular formula is C15H31BrO. The minimum atomic E-state index is 0.119. The Morgan fingerprint density at radius 2 is 1.76 bits per heavy atom. The molecule has 0 N–H and O–H groups in total. The molecule has 0 amide bonds. The largest absolute Gasteiger partial charge is 0.376 e. The SMILES string of the molecule is CCOC(C)(CC)CCCCC(C)CCCBr. The van der Waals surface area contributed by atoms with E-state index in [-0.39, 0.29) is 5.60 Å². The molecule has 0 aliphatic rings. The minimum absolute atomic E-state index is 0.119. The van der Waals surface area contributed by atoms with Crippen LogP contribution in [-0.2, 0) is 4.74 Å². The minimum Gasteiger partial charge on any atom is -0.376 e. The highest BCUT2D eigenvalue weighted by molar-refractivity contribution is 9.09. The van der Waals surface area contributed by atoms with Gasteiger partial charge in [0.05, 0.1) is 5.60 Å². The zero-order valence-electron chi connectivity index (χ0n) is 12.2. The maximum absolute atomic E-state index is 5.84. The average Bonchev–Trinajstić information content (AvgIpc) is 2.32. The van der Waals surface area contributed by atoms with Crippen LogP contribution >= 0.6 is 15.9 Å². The summed E-state index contributed by atoms with van der Waals surface area (Å²) in [5.74, 6) is 0.882. The molecule has 0 rings (SSSR count). The van der Waals surface area contributed by atoms with E-state index >= 15 is 0 Å². The molecule has 0 aliphatic heterocycles. The van der Waals surface area contributed by atoms with Gasteiger partial charge in [0.25, 0.3) is 0 Å². The Kier molecular flexibility index (Phi) is 10.6. The lowest BCUT2D eigenvalue weighted by atomic mass is 9.92. The smallest absolute Gasteiger partial charge is 0.0651 e. The third kappa shape index (κ3) is 9.07. The normalized spacial score (nSPS) is 16.8. The Morgan fingerprint density at radius 3 is 2.29 bits per heavy atom. The van der Waals surface area contributed by atoms with E-state index in [9.17, 15) is 0 Å². The summed E-state index contributed by atoms with van der Waals surface area (Å²) in [6, 6.07) is 0. The number of ether oxygens (including phenoxy) is 1. The van der Waals surface area contributed by atoms with Crippen molar-refractivity contribution in [1.82, 2.24) is 0 Å². The fourth-order valence-electron chi connectivity index (χ4n) is 2.26. The second-order valence-corrected chi connectivity index (χ2v) is 6.21. The number of unbranched alkanes of at least 4 members (excludes halogenated alkanes) is 1. The van der Waals surface area contributed by atoms with Gasteiger partial charge in [-0.1, -0.05) is 49.0 Å². The molecule has 0 bridgehead atoms. The van der Waals surface area contributed by atoms with E-state index < -0.39 is 0 Å². The van der Waals surface area contributed by atoms with Crippen molar-refractivity contribution in [3.8, 4) is 0 Å². The summed E-state index contributed by atoms with van der Waals surface area (Å²) in [6.07, 6.45) is 9.05. The van der Waals surface area contributed by atoms with E-state index in [0.29, 0.717) is 0 Å². The van der Waals surface area contributed by atoms with Crippen LogP contribution in [0.5, 0.6) is 0 Å². The predicted octanol–water partition coefficient (Wildman–Crippen LogP) is 5.56. The van der Waals surface area contributed by atoms with Gasteiger partial charge in [0.15, 0.2) is 0 Å². The van der Waals surface area contributed by atoms with Crippen LogP contribution < -0.4 is 0 Å². The summed E-state index contributed by atoms with van der Waals surface area (Å²) < 4.78 is 5.84. The van der Waals surface area contributed by atoms with Crippen LogP contribution in [0, 0.1) is 5.92 Å². The van der Waals surface area contributed by atoms with E-state index in [0.717, 1.165) is 24.3 Å². The lowest BCUT2D eigenvalue weighted by Crippen LogP contribution is -2.27. The number of alkyl halides is 1. The fourth-order valence-corrected chi connectivity index (χ4v) is 2.58. The van der Waals surface area contributed by atoms with Crippen LogP contribution in [0.15, 0.2) is 0 Å². The highest BCUT2D eigenvalue weighted by Gasteiger charge is 2.21. The lowest BCUT2D eigenvalue weighted by Gasteiger charge is -2.28. The van der Waals surface area contributed by atoms with Gasteiger partial charge in [-0.15, -0.1) is 0 Å². The maximum Gasteiger partial charge on any atom is 0.0651 e. The van der Waals surface area contributed by atoms with Crippen molar-refractivity contribution in [3.05, 3.63) is 0 Å². The summed E-state index contributed by atoms with van der Waals surface area (Å²) in [7, 11) is 0. The summed E-state index contributed by atoms with van der Waals surface area (Å²) >= 11 is 3.50. The fraction of sp³-hybridized carbons (Fsp3) is 1.00. The zero-order chi connectivity index (χ0) is 13.1. The molecule has 17 heavy (non-hydrogen) atoms. The number of halogens is 1. The van der Waals surface area contributed by atoms with E-state index in [2.05, 4.69) is 43.6 Å². The second-order valence-electron chi connectivity index (χ2n) is 5.42. The molecule has 0 fully saturated rings. The molecule has 0 radical (unpaired) electrons. The Hall–Kier alpha value is 0.440. The van der Waals surface area contributed by atoms with E-state index in [1.165, 1.54) is 38.5 Å². The second kappa shape index (κ2) is 10.4. The van der Waals surface area contributed by atoms with Gasteiger partial charge in [0.2, 0.25) is 0 Å². The highest BCUT2D eigenvalue weighted by atomic mass is 79.9. The van der Waals surface area contributed by atoms with Crippen LogP contribution in [0.2, 0.25) is 0 Å². The van der Waals surface area contributed by atoms with E-state index in [1.54, 1.807) is 0 Å². The monoisotopic (exact) mass is 306 g/mol. The van der Waals surface area contributed by atoms with Crippen molar-refractivity contribution in [1.29, 1.82) is 0 Å². The molecule has 0 saturated heterocycles. The van der Waals surface area contributed by atoms with Crippen LogP contribution in [-0.4, -0.2) is 17.5 Å². The topological polar surface area (TPSA) is 9.23 Å². The van der Waals surface area contributed by atoms with Gasteiger partial charge in [-0.3, -0.25) is 0 Å². The predicted molar refractivity (Wildman–Crippen MR) is 81.0 cm³/mol. The maximum atomic E-state index is 5.84. The number of rotatable bonds is 11. The number of hydrogen-bond donors (Lipinski definition) is 0. The summed E-state index contributed by atoms with van der Waals surface area (Å²) in [6.45, 7) is 9.80. The molecule has 0 heterocycles. The molecule has 0 aromatic rings. The molecule has 1 nitrogen and oxygen atoms in total. The van der Waals surface area contributed by atoms with Gasteiger partial charge in [-0.25, -0.2) is 0 Å². The van der Waals surface area contributed by atoms with Gasteiger partial charge in [-0.2, -0.15) is 0 Å². The molecule has 2 unspecified atom stereocenters. The van der Waals surface area contributed by atoms with Crippen molar-refractivity contribution >= 4 is 15.9 Å². The standard InChI is InChI=1S/C15H31BrO/c1-5-15(4,17-6-2)12-8-7-10-14(3)11-9-13-16/h14H,5-13H2,1-4H3. The first-order chi connectivity index (χ1) is 8.08. The third-order valence-electron chi connectivity index (χ3n) is 3.72. The zero-order valence-corrected chi connectivity index (χ0v) is 13.8. The molecule has 0 aromatic carbocycles. The Bertz CT molecular complexity index is 172. The van der Waals surface area contributed by atoms with Gasteiger partial charge in [0.1, 0.15) is 0 Å². The molecule has 2 atom stereocenters. The number of hydrogen-bond acceptors (Lipinski definition) is 1. The first-order valence-electron chi connectivity index (χ1n) is 7.28. The molecule has 104 valence electrons. The van der Waals surface area contributed by atoms with Gasteiger partial charge in [-0.05, 0) is 45.4 Å². The Labute approximate surface area is 117 Å². The lowest BCUT2D eigenvalue weighted by molar-refractivity contribution is -0.0354. The van der Waals surface area contributed by atoms with Crippen molar-refractivity contribution in [2.45, 2.75) is 78.2 Å². The Morgan fingerprint density at radius 1 is 1.12 bits per heavy atom. The average molecular weight is 307 g/mol. The molecule has 0 spiro atoms. The Balaban J connectivity index is 3.61. The quantitative estimate of drug-likeness (QED) is 0.358. The van der Waals surface area contributed by atoms with E-state index in [4.69, 9.17) is 4.74 Å². The van der Waals surface area contributed by atoms with Gasteiger partial charge in [0, 0.05) is 11.9 Å².